The zero-order chi connectivity index (χ0) is 22.9. The lowest BCUT2D eigenvalue weighted by molar-refractivity contribution is 0.133. The molecular formula is C23H31BrN2O4S. The molecule has 0 saturated heterocycles. The van der Waals surface area contributed by atoms with E-state index in [0.29, 0.717) is 25.5 Å². The van der Waals surface area contributed by atoms with Crippen LogP contribution in [-0.4, -0.2) is 33.7 Å². The number of carbonyl (C=O) groups is 1. The largest absolute Gasteiger partial charge is 0.449 e. The van der Waals surface area contributed by atoms with E-state index in [-0.39, 0.29) is 10.9 Å². The summed E-state index contributed by atoms with van der Waals surface area (Å²) in [5, 5.41) is 2.71. The Balaban J connectivity index is 1.77. The van der Waals surface area contributed by atoms with Crippen LogP contribution < -0.4 is 10.0 Å². The molecule has 1 amide bonds. The second-order valence-corrected chi connectivity index (χ2v) is 10.6. The molecule has 0 aliphatic heterocycles. The Labute approximate surface area is 194 Å². The van der Waals surface area contributed by atoms with Crippen molar-refractivity contribution in [2.45, 2.75) is 51.0 Å². The van der Waals surface area contributed by atoms with Crippen molar-refractivity contribution in [1.29, 1.82) is 0 Å². The van der Waals surface area contributed by atoms with E-state index in [4.69, 9.17) is 4.74 Å². The second-order valence-electron chi connectivity index (χ2n) is 7.97. The van der Waals surface area contributed by atoms with E-state index in [1.807, 2.05) is 57.2 Å². The van der Waals surface area contributed by atoms with Crippen molar-refractivity contribution in [3.63, 3.8) is 0 Å². The number of carbonyl (C=O) groups excluding carboxylic acids is 1. The van der Waals surface area contributed by atoms with Crippen molar-refractivity contribution < 1.29 is 17.9 Å². The maximum absolute atomic E-state index is 12.6. The number of benzene rings is 2. The molecule has 0 aliphatic rings. The fourth-order valence-electron chi connectivity index (χ4n) is 2.92. The summed E-state index contributed by atoms with van der Waals surface area (Å²) in [6.45, 7) is 6.71. The van der Waals surface area contributed by atoms with E-state index in [2.05, 4.69) is 26.0 Å². The second kappa shape index (κ2) is 12.2. The summed E-state index contributed by atoms with van der Waals surface area (Å²) in [7, 11) is -3.58. The van der Waals surface area contributed by atoms with Gasteiger partial charge < -0.3 is 10.1 Å². The van der Waals surface area contributed by atoms with Crippen molar-refractivity contribution in [3.8, 4) is 11.1 Å². The molecule has 0 saturated carbocycles. The lowest BCUT2D eigenvalue weighted by Crippen LogP contribution is -2.32. The summed E-state index contributed by atoms with van der Waals surface area (Å²) in [5.74, 6) is 0.302. The van der Waals surface area contributed by atoms with Crippen LogP contribution in [-0.2, 0) is 14.8 Å². The molecule has 0 fully saturated rings. The van der Waals surface area contributed by atoms with Crippen molar-refractivity contribution in [1.82, 2.24) is 10.0 Å². The highest BCUT2D eigenvalue weighted by Gasteiger charge is 2.17. The van der Waals surface area contributed by atoms with Gasteiger partial charge in [0.15, 0.2) is 0 Å². The minimum atomic E-state index is -3.58. The number of rotatable bonds is 11. The van der Waals surface area contributed by atoms with Crippen molar-refractivity contribution in [2.24, 2.45) is 5.92 Å². The third-order valence-corrected chi connectivity index (χ3v) is 6.71. The van der Waals surface area contributed by atoms with E-state index >= 15 is 0 Å². The number of ether oxygens (including phenoxy) is 1. The van der Waals surface area contributed by atoms with Gasteiger partial charge in [0.2, 0.25) is 10.0 Å². The van der Waals surface area contributed by atoms with Gasteiger partial charge in [-0.2, -0.15) is 0 Å². The average molecular weight is 511 g/mol. The predicted molar refractivity (Wildman–Crippen MR) is 127 cm³/mol. The van der Waals surface area contributed by atoms with Crippen LogP contribution >= 0.6 is 15.9 Å². The van der Waals surface area contributed by atoms with Crippen LogP contribution in [0.2, 0.25) is 0 Å². The zero-order valence-electron chi connectivity index (χ0n) is 18.2. The fraction of sp³-hybridized carbons (Fsp3) is 0.435. The van der Waals surface area contributed by atoms with Gasteiger partial charge in [-0.15, -0.1) is 0 Å². The molecule has 0 aliphatic carbocycles. The molecule has 0 spiro atoms. The summed E-state index contributed by atoms with van der Waals surface area (Å²) in [6.07, 6.45) is 1.81. The fourth-order valence-corrected chi connectivity index (χ4v) is 4.46. The van der Waals surface area contributed by atoms with Crippen molar-refractivity contribution in [2.75, 3.05) is 13.2 Å². The molecule has 0 aromatic heterocycles. The van der Waals surface area contributed by atoms with E-state index in [9.17, 15) is 13.2 Å². The molecular weight excluding hydrogens is 480 g/mol. The number of amides is 1. The molecule has 8 heteroatoms. The standard InChI is InChI=1S/C23H31BrN2O4S/c1-17(2)16-30-23(27)25-15-5-4-6-18(3)26-31(28,29)22-13-9-20(10-14-22)19-7-11-21(24)12-8-19/h7-14,17-18,26H,4-6,15-16H2,1-3H3,(H,25,27). The molecule has 0 radical (unpaired) electrons. The van der Waals surface area contributed by atoms with E-state index in [0.717, 1.165) is 28.4 Å². The van der Waals surface area contributed by atoms with Gasteiger partial charge in [-0.05, 0) is 61.1 Å². The Morgan fingerprint density at radius 2 is 1.55 bits per heavy atom. The molecule has 170 valence electrons. The molecule has 2 aromatic rings. The SMILES string of the molecule is CC(C)COC(=O)NCCCCC(C)NS(=O)(=O)c1ccc(-c2ccc(Br)cc2)cc1. The summed E-state index contributed by atoms with van der Waals surface area (Å²) >= 11 is 3.41. The van der Waals surface area contributed by atoms with Crippen LogP contribution in [0, 0.1) is 5.92 Å². The van der Waals surface area contributed by atoms with Crippen LogP contribution in [0.1, 0.15) is 40.0 Å². The smallest absolute Gasteiger partial charge is 0.407 e. The third-order valence-electron chi connectivity index (χ3n) is 4.58. The lowest BCUT2D eigenvalue weighted by Gasteiger charge is -2.15. The van der Waals surface area contributed by atoms with Gasteiger partial charge in [-0.3, -0.25) is 0 Å². The highest BCUT2D eigenvalue weighted by molar-refractivity contribution is 9.10. The van der Waals surface area contributed by atoms with Crippen molar-refractivity contribution >= 4 is 32.0 Å². The van der Waals surface area contributed by atoms with E-state index in [1.165, 1.54) is 0 Å². The van der Waals surface area contributed by atoms with Crippen LogP contribution in [0.3, 0.4) is 0 Å². The quantitative estimate of drug-likeness (QED) is 0.399. The van der Waals surface area contributed by atoms with Gasteiger partial charge in [-0.25, -0.2) is 17.9 Å². The number of nitrogens with one attached hydrogen (secondary N) is 2. The number of unbranched alkanes of at least 4 members (excludes halogenated alkanes) is 1. The first-order chi connectivity index (χ1) is 14.7. The summed E-state index contributed by atoms with van der Waals surface area (Å²) < 4.78 is 34.1. The maximum atomic E-state index is 12.6. The van der Waals surface area contributed by atoms with Crippen LogP contribution in [0.25, 0.3) is 11.1 Å². The van der Waals surface area contributed by atoms with Gasteiger partial charge in [0.1, 0.15) is 0 Å². The molecule has 1 atom stereocenters. The highest BCUT2D eigenvalue weighted by Crippen LogP contribution is 2.23. The lowest BCUT2D eigenvalue weighted by atomic mass is 10.1. The molecule has 6 nitrogen and oxygen atoms in total. The maximum Gasteiger partial charge on any atom is 0.407 e. The molecule has 2 aromatic carbocycles. The highest BCUT2D eigenvalue weighted by atomic mass is 79.9. The van der Waals surface area contributed by atoms with Gasteiger partial charge in [0.05, 0.1) is 11.5 Å². The van der Waals surface area contributed by atoms with E-state index < -0.39 is 16.1 Å². The van der Waals surface area contributed by atoms with Crippen molar-refractivity contribution in [3.05, 3.63) is 53.0 Å². The zero-order valence-corrected chi connectivity index (χ0v) is 20.6. The first-order valence-corrected chi connectivity index (χ1v) is 12.7. The Kier molecular flexibility index (Phi) is 9.99. The number of hydrogen-bond acceptors (Lipinski definition) is 4. The van der Waals surface area contributed by atoms with Gasteiger partial charge in [-0.1, -0.05) is 60.5 Å². The van der Waals surface area contributed by atoms with Gasteiger partial charge >= 0.3 is 6.09 Å². The average Bonchev–Trinajstić information content (AvgIpc) is 2.72. The molecule has 0 bridgehead atoms. The first-order valence-electron chi connectivity index (χ1n) is 10.5. The Bertz CT molecular complexity index is 929. The molecule has 0 heterocycles. The molecule has 1 unspecified atom stereocenters. The Hall–Kier alpha value is -1.90. The first kappa shape index (κ1) is 25.4. The van der Waals surface area contributed by atoms with Crippen LogP contribution in [0.4, 0.5) is 4.79 Å². The summed E-state index contributed by atoms with van der Waals surface area (Å²) in [6, 6.07) is 14.5. The number of sulfonamides is 1. The minimum absolute atomic E-state index is 0.205. The predicted octanol–water partition coefficient (Wildman–Crippen LogP) is 5.34. The van der Waals surface area contributed by atoms with Crippen LogP contribution in [0.15, 0.2) is 57.9 Å². The number of halogens is 1. The number of alkyl carbamates (subject to hydrolysis) is 1. The Morgan fingerprint density at radius 3 is 2.13 bits per heavy atom. The Morgan fingerprint density at radius 1 is 0.968 bits per heavy atom. The van der Waals surface area contributed by atoms with Gasteiger partial charge in [0.25, 0.3) is 0 Å². The molecule has 2 rings (SSSR count). The molecule has 2 N–H and O–H groups in total. The topological polar surface area (TPSA) is 84.5 Å². The summed E-state index contributed by atoms with van der Waals surface area (Å²) in [5.41, 5.74) is 1.98. The third kappa shape index (κ3) is 9.01. The normalized spacial score (nSPS) is 12.5. The minimum Gasteiger partial charge on any atom is -0.449 e. The van der Waals surface area contributed by atoms with Gasteiger partial charge in [0, 0.05) is 17.1 Å². The summed E-state index contributed by atoms with van der Waals surface area (Å²) in [4.78, 5) is 11.7. The number of hydrogen-bond donors (Lipinski definition) is 2. The van der Waals surface area contributed by atoms with Crippen LogP contribution in [0.5, 0.6) is 0 Å². The monoisotopic (exact) mass is 510 g/mol. The van der Waals surface area contributed by atoms with E-state index in [1.54, 1.807) is 12.1 Å². The molecule has 31 heavy (non-hydrogen) atoms.